The van der Waals surface area contributed by atoms with Gasteiger partial charge in [0.15, 0.2) is 0 Å². The third kappa shape index (κ3) is 6.15. The van der Waals surface area contributed by atoms with Crippen LogP contribution in [0.2, 0.25) is 0 Å². The topological polar surface area (TPSA) is 65.1 Å². The molecule has 1 amide bonds. The molecule has 0 N–H and O–H groups in total. The number of carbonyl (C=O) groups excluding carboxylic acids is 2. The molecule has 0 radical (unpaired) electrons. The Labute approximate surface area is 181 Å². The van der Waals surface area contributed by atoms with Crippen LogP contribution >= 0.6 is 0 Å². The number of halogens is 2. The average Bonchev–Trinajstić information content (AvgIpc) is 3.21. The number of benzene rings is 1. The van der Waals surface area contributed by atoms with Gasteiger partial charge in [-0.3, -0.25) is 9.69 Å². The highest BCUT2D eigenvalue weighted by Gasteiger charge is 2.49. The lowest BCUT2D eigenvalue weighted by atomic mass is 9.88. The highest BCUT2D eigenvalue weighted by Crippen LogP contribution is 2.36. The van der Waals surface area contributed by atoms with Gasteiger partial charge in [-0.05, 0) is 57.7 Å². The lowest BCUT2D eigenvalue weighted by Crippen LogP contribution is -2.47. The van der Waals surface area contributed by atoms with Crippen LogP contribution < -0.4 is 0 Å². The fourth-order valence-corrected chi connectivity index (χ4v) is 4.31. The molecule has 0 aromatic heterocycles. The predicted molar refractivity (Wildman–Crippen MR) is 109 cm³/mol. The number of carbonyl (C=O) groups is 2. The molecule has 3 rings (SSSR count). The molecule has 0 aliphatic carbocycles. The second-order valence-electron chi connectivity index (χ2n) is 9.33. The van der Waals surface area contributed by atoms with Crippen molar-refractivity contribution in [3.63, 3.8) is 0 Å². The zero-order valence-corrected chi connectivity index (χ0v) is 18.5. The molecule has 2 aliphatic heterocycles. The first-order valence-corrected chi connectivity index (χ1v) is 10.8. The summed E-state index contributed by atoms with van der Waals surface area (Å²) in [7, 11) is 0. The Morgan fingerprint density at radius 2 is 1.90 bits per heavy atom. The van der Waals surface area contributed by atoms with Crippen LogP contribution in [0.15, 0.2) is 18.2 Å². The average molecular weight is 439 g/mol. The molecular formula is C23H31F2NO5. The van der Waals surface area contributed by atoms with E-state index in [4.69, 9.17) is 14.2 Å². The molecule has 2 fully saturated rings. The highest BCUT2D eigenvalue weighted by molar-refractivity contribution is 5.73. The Bertz CT molecular complexity index is 789. The summed E-state index contributed by atoms with van der Waals surface area (Å²) in [4.78, 5) is 26.6. The Hall–Kier alpha value is -2.22. The van der Waals surface area contributed by atoms with Crippen molar-refractivity contribution in [3.05, 3.63) is 35.4 Å². The van der Waals surface area contributed by atoms with Gasteiger partial charge in [-0.25, -0.2) is 13.6 Å². The van der Waals surface area contributed by atoms with Crippen LogP contribution in [0.3, 0.4) is 0 Å². The summed E-state index contributed by atoms with van der Waals surface area (Å²) < 4.78 is 44.4. The number of ether oxygens (including phenoxy) is 3. The molecule has 0 bridgehead atoms. The Kier molecular flexibility index (Phi) is 7.19. The molecule has 0 spiro atoms. The summed E-state index contributed by atoms with van der Waals surface area (Å²) in [6.07, 6.45) is 0.473. The highest BCUT2D eigenvalue weighted by atomic mass is 19.1. The van der Waals surface area contributed by atoms with E-state index in [0.717, 1.165) is 12.5 Å². The number of hydrogen-bond donors (Lipinski definition) is 0. The quantitative estimate of drug-likeness (QED) is 0.621. The lowest BCUT2D eigenvalue weighted by molar-refractivity contribution is -0.143. The fourth-order valence-electron chi connectivity index (χ4n) is 4.31. The number of nitrogens with zero attached hydrogens (tertiary/aromatic N) is 1. The van der Waals surface area contributed by atoms with Crippen molar-refractivity contribution in [1.29, 1.82) is 0 Å². The molecular weight excluding hydrogens is 408 g/mol. The van der Waals surface area contributed by atoms with Gasteiger partial charge in [0.05, 0.1) is 25.1 Å². The van der Waals surface area contributed by atoms with E-state index in [1.165, 1.54) is 12.1 Å². The van der Waals surface area contributed by atoms with E-state index in [1.807, 2.05) is 6.92 Å². The normalized spacial score (nSPS) is 26.3. The van der Waals surface area contributed by atoms with Crippen molar-refractivity contribution in [2.45, 2.75) is 77.2 Å². The molecule has 0 saturated carbocycles. The molecule has 6 nitrogen and oxygen atoms in total. The number of likely N-dealkylation sites (tertiary alicyclic amines) is 1. The van der Waals surface area contributed by atoms with E-state index in [9.17, 15) is 18.4 Å². The molecule has 4 atom stereocenters. The number of amides is 1. The summed E-state index contributed by atoms with van der Waals surface area (Å²) in [6, 6.07) is 2.91. The second kappa shape index (κ2) is 9.51. The molecule has 31 heavy (non-hydrogen) atoms. The van der Waals surface area contributed by atoms with Crippen LogP contribution in [-0.4, -0.2) is 54.0 Å². The third-order valence-electron chi connectivity index (χ3n) is 5.45. The Morgan fingerprint density at radius 3 is 2.52 bits per heavy atom. The van der Waals surface area contributed by atoms with Crippen LogP contribution in [-0.2, 0) is 25.4 Å². The van der Waals surface area contributed by atoms with Gasteiger partial charge < -0.3 is 14.2 Å². The summed E-state index contributed by atoms with van der Waals surface area (Å²) in [5.41, 5.74) is -0.221. The predicted octanol–water partition coefficient (Wildman–Crippen LogP) is 4.24. The first-order valence-electron chi connectivity index (χ1n) is 10.8. The second-order valence-corrected chi connectivity index (χ2v) is 9.33. The fraction of sp³-hybridized carbons (Fsp3) is 0.652. The molecule has 2 heterocycles. The van der Waals surface area contributed by atoms with Gasteiger partial charge in [-0.15, -0.1) is 0 Å². The van der Waals surface area contributed by atoms with Gasteiger partial charge in [-0.2, -0.15) is 0 Å². The smallest absolute Gasteiger partial charge is 0.410 e. The summed E-state index contributed by atoms with van der Waals surface area (Å²) >= 11 is 0. The summed E-state index contributed by atoms with van der Waals surface area (Å²) in [5.74, 6) is -2.02. The van der Waals surface area contributed by atoms with Gasteiger partial charge >= 0.3 is 12.1 Å². The van der Waals surface area contributed by atoms with Crippen LogP contribution in [0.4, 0.5) is 13.6 Å². The minimum Gasteiger partial charge on any atom is -0.460 e. The molecule has 8 heteroatoms. The third-order valence-corrected chi connectivity index (χ3v) is 5.45. The Balaban J connectivity index is 1.81. The van der Waals surface area contributed by atoms with Crippen LogP contribution in [0, 0.1) is 17.6 Å². The van der Waals surface area contributed by atoms with E-state index in [-0.39, 0.29) is 30.8 Å². The van der Waals surface area contributed by atoms with E-state index in [2.05, 4.69) is 0 Å². The number of hydrogen-bond acceptors (Lipinski definition) is 5. The van der Waals surface area contributed by atoms with E-state index in [1.54, 1.807) is 25.7 Å². The first kappa shape index (κ1) is 23.4. The first-order chi connectivity index (χ1) is 14.6. The maximum absolute atomic E-state index is 13.6. The van der Waals surface area contributed by atoms with Crippen molar-refractivity contribution in [3.8, 4) is 0 Å². The van der Waals surface area contributed by atoms with E-state index in [0.29, 0.717) is 25.1 Å². The molecule has 172 valence electrons. The lowest BCUT2D eigenvalue weighted by Gasteiger charge is -2.32. The van der Waals surface area contributed by atoms with Gasteiger partial charge in [0.25, 0.3) is 0 Å². The molecule has 1 aromatic carbocycles. The van der Waals surface area contributed by atoms with Crippen molar-refractivity contribution in [2.75, 3.05) is 13.2 Å². The monoisotopic (exact) mass is 439 g/mol. The standard InChI is InChI=1S/C23H31F2NO5/c1-5-6-29-18-12-19(26(13-18)22(28)31-23(2,3)4)21-15(10-20(27)30-21)7-14-8-16(24)11-17(25)9-14/h8-9,11,15,18-19,21H,5-7,10,12-13H2,1-4H3/t15-,18-,19+,21+/m1/s1. The van der Waals surface area contributed by atoms with Gasteiger partial charge in [-0.1, -0.05) is 6.92 Å². The SMILES string of the molecule is CCCO[C@@H]1C[C@@H]([C@H]2OC(=O)C[C@H]2Cc2cc(F)cc(F)c2)N(C(=O)OC(C)(C)C)C1. The molecule has 2 saturated heterocycles. The van der Waals surface area contributed by atoms with Gasteiger partial charge in [0.1, 0.15) is 23.3 Å². The van der Waals surface area contributed by atoms with Crippen molar-refractivity contribution >= 4 is 12.1 Å². The van der Waals surface area contributed by atoms with Crippen molar-refractivity contribution in [1.82, 2.24) is 4.90 Å². The van der Waals surface area contributed by atoms with Crippen LogP contribution in [0.5, 0.6) is 0 Å². The zero-order chi connectivity index (χ0) is 22.8. The van der Waals surface area contributed by atoms with E-state index >= 15 is 0 Å². The number of esters is 1. The zero-order valence-electron chi connectivity index (χ0n) is 18.5. The van der Waals surface area contributed by atoms with Crippen LogP contribution in [0.25, 0.3) is 0 Å². The maximum Gasteiger partial charge on any atom is 0.410 e. The molecule has 0 unspecified atom stereocenters. The molecule has 2 aliphatic rings. The van der Waals surface area contributed by atoms with Crippen LogP contribution in [0.1, 0.15) is 52.5 Å². The summed E-state index contributed by atoms with van der Waals surface area (Å²) in [6.45, 7) is 8.28. The van der Waals surface area contributed by atoms with Crippen molar-refractivity contribution < 1.29 is 32.6 Å². The summed E-state index contributed by atoms with van der Waals surface area (Å²) in [5, 5.41) is 0. The molecule has 1 aromatic rings. The van der Waals surface area contributed by atoms with Gasteiger partial charge in [0, 0.05) is 18.6 Å². The largest absolute Gasteiger partial charge is 0.460 e. The van der Waals surface area contributed by atoms with Gasteiger partial charge in [0.2, 0.25) is 0 Å². The van der Waals surface area contributed by atoms with Crippen molar-refractivity contribution in [2.24, 2.45) is 5.92 Å². The Morgan fingerprint density at radius 1 is 1.23 bits per heavy atom. The number of cyclic esters (lactones) is 1. The maximum atomic E-state index is 13.6. The van der Waals surface area contributed by atoms with E-state index < -0.39 is 35.5 Å². The minimum absolute atomic E-state index is 0.127. The number of rotatable bonds is 6. The minimum atomic E-state index is -0.672.